The van der Waals surface area contributed by atoms with Crippen LogP contribution in [0.15, 0.2) is 46.4 Å². The molecule has 0 saturated carbocycles. The zero-order valence-corrected chi connectivity index (χ0v) is 24.2. The standard InChI is InChI=1S/C26H39N7O4Si/c1-26(2,3)38(6,7)37-21-19(27-13-17-11-9-8-10-12-17)18(14-34)36-24(21)33-16-28-20-22(33)30-25(31-23(20)35)29-15-32(4)5/h8-12,15-16,18-19,21,24,27,34H,13-14H2,1-7H3,(H,30,31,35)/b29-15+/t18-,19-,21-,24-/m1/s1. The molecule has 0 spiro atoms. The fourth-order valence-electron chi connectivity index (χ4n) is 4.17. The molecule has 0 aliphatic carbocycles. The van der Waals surface area contributed by atoms with E-state index in [-0.39, 0.29) is 29.2 Å². The van der Waals surface area contributed by atoms with Crippen LogP contribution >= 0.6 is 0 Å². The summed E-state index contributed by atoms with van der Waals surface area (Å²) in [5.41, 5.74) is 1.25. The van der Waals surface area contributed by atoms with Gasteiger partial charge in [-0.1, -0.05) is 51.1 Å². The molecule has 1 fully saturated rings. The predicted octanol–water partition coefficient (Wildman–Crippen LogP) is 2.78. The van der Waals surface area contributed by atoms with E-state index in [1.54, 1.807) is 22.1 Å². The van der Waals surface area contributed by atoms with E-state index in [2.05, 4.69) is 59.1 Å². The van der Waals surface area contributed by atoms with E-state index < -0.39 is 32.3 Å². The number of fused-ring (bicyclic) bond motifs is 1. The third kappa shape index (κ3) is 5.89. The summed E-state index contributed by atoms with van der Waals surface area (Å²) in [4.78, 5) is 30.4. The molecule has 0 radical (unpaired) electrons. The second kappa shape index (κ2) is 11.1. The van der Waals surface area contributed by atoms with Crippen LogP contribution < -0.4 is 10.9 Å². The molecule has 2 aromatic heterocycles. The van der Waals surface area contributed by atoms with Crippen molar-refractivity contribution >= 4 is 31.8 Å². The van der Waals surface area contributed by atoms with Gasteiger partial charge in [-0.25, -0.2) is 9.98 Å². The van der Waals surface area contributed by atoms with Crippen LogP contribution in [-0.2, 0) is 15.7 Å². The van der Waals surface area contributed by atoms with Crippen molar-refractivity contribution in [2.45, 2.75) is 69.9 Å². The monoisotopic (exact) mass is 541 g/mol. The molecule has 4 rings (SSSR count). The van der Waals surface area contributed by atoms with Crippen LogP contribution in [0.1, 0.15) is 32.6 Å². The molecule has 4 atom stereocenters. The predicted molar refractivity (Wildman–Crippen MR) is 150 cm³/mol. The average Bonchev–Trinajstić information content (AvgIpc) is 3.42. The van der Waals surface area contributed by atoms with Crippen molar-refractivity contribution in [3.8, 4) is 0 Å². The van der Waals surface area contributed by atoms with Crippen molar-refractivity contribution in [3.63, 3.8) is 0 Å². The summed E-state index contributed by atoms with van der Waals surface area (Å²) in [5, 5.41) is 13.8. The van der Waals surface area contributed by atoms with Gasteiger partial charge in [-0.15, -0.1) is 0 Å². The van der Waals surface area contributed by atoms with Gasteiger partial charge in [0.15, 0.2) is 25.7 Å². The number of benzene rings is 1. The first-order valence-corrected chi connectivity index (χ1v) is 15.7. The zero-order chi connectivity index (χ0) is 27.7. The lowest BCUT2D eigenvalue weighted by Crippen LogP contribution is -2.53. The Morgan fingerprint density at radius 2 is 2.00 bits per heavy atom. The third-order valence-corrected chi connectivity index (χ3v) is 11.7. The molecule has 3 aromatic rings. The highest BCUT2D eigenvalue weighted by Gasteiger charge is 2.51. The van der Waals surface area contributed by atoms with Gasteiger partial charge in [0.25, 0.3) is 5.56 Å². The molecule has 3 N–H and O–H groups in total. The molecule has 206 valence electrons. The topological polar surface area (TPSA) is 130 Å². The first-order valence-electron chi connectivity index (χ1n) is 12.8. The van der Waals surface area contributed by atoms with Crippen LogP contribution in [0.3, 0.4) is 0 Å². The minimum atomic E-state index is -2.28. The minimum Gasteiger partial charge on any atom is -0.408 e. The third-order valence-electron chi connectivity index (χ3n) is 7.26. The largest absolute Gasteiger partial charge is 0.408 e. The number of aliphatic hydroxyl groups is 1. The van der Waals surface area contributed by atoms with E-state index in [1.165, 1.54) is 0 Å². The lowest BCUT2D eigenvalue weighted by Gasteiger charge is -2.41. The molecule has 3 heterocycles. The second-order valence-electron chi connectivity index (χ2n) is 11.4. The number of aromatic nitrogens is 4. The molecule has 1 saturated heterocycles. The number of hydrogen-bond acceptors (Lipinski definition) is 8. The normalized spacial score (nSPS) is 22.5. The van der Waals surface area contributed by atoms with Gasteiger partial charge in [-0.05, 0) is 23.7 Å². The van der Waals surface area contributed by atoms with Crippen molar-refractivity contribution in [1.82, 2.24) is 29.7 Å². The van der Waals surface area contributed by atoms with Crippen LogP contribution in [0.4, 0.5) is 5.95 Å². The van der Waals surface area contributed by atoms with E-state index >= 15 is 0 Å². The van der Waals surface area contributed by atoms with E-state index in [0.29, 0.717) is 12.2 Å². The Kier molecular flexibility index (Phi) is 8.19. The fourth-order valence-corrected chi connectivity index (χ4v) is 5.47. The van der Waals surface area contributed by atoms with Crippen molar-refractivity contribution in [1.29, 1.82) is 0 Å². The molecule has 0 unspecified atom stereocenters. The Balaban J connectivity index is 1.76. The summed E-state index contributed by atoms with van der Waals surface area (Å²) in [6, 6.07) is 9.75. The maximum atomic E-state index is 12.8. The number of aromatic amines is 1. The zero-order valence-electron chi connectivity index (χ0n) is 23.2. The first-order chi connectivity index (χ1) is 17.9. The van der Waals surface area contributed by atoms with Crippen LogP contribution in [0.2, 0.25) is 18.1 Å². The number of aliphatic imine (C=N–C) groups is 1. The molecule has 38 heavy (non-hydrogen) atoms. The Morgan fingerprint density at radius 3 is 2.63 bits per heavy atom. The SMILES string of the molecule is CN(C)/C=N/c1nc2c(ncn2[C@@H]2O[C@H](CO)[C@@H](NCc3ccccc3)[C@H]2O[Si](C)(C)C(C)(C)C)c(=O)[nH]1. The van der Waals surface area contributed by atoms with Crippen LogP contribution in [-0.4, -0.2) is 83.1 Å². The summed E-state index contributed by atoms with van der Waals surface area (Å²) in [6.45, 7) is 11.3. The van der Waals surface area contributed by atoms with Gasteiger partial charge in [0.1, 0.15) is 12.2 Å². The molecule has 0 amide bonds. The van der Waals surface area contributed by atoms with Gasteiger partial charge in [0.2, 0.25) is 5.95 Å². The molecular formula is C26H39N7O4Si. The van der Waals surface area contributed by atoms with Gasteiger partial charge in [0.05, 0.1) is 25.3 Å². The van der Waals surface area contributed by atoms with Gasteiger partial charge in [-0.3, -0.25) is 14.3 Å². The highest BCUT2D eigenvalue weighted by Crippen LogP contribution is 2.42. The molecule has 1 aromatic carbocycles. The number of H-pyrrole nitrogens is 1. The van der Waals surface area contributed by atoms with Crippen LogP contribution in [0.5, 0.6) is 0 Å². The lowest BCUT2D eigenvalue weighted by atomic mass is 10.1. The van der Waals surface area contributed by atoms with Gasteiger partial charge < -0.3 is 24.5 Å². The highest BCUT2D eigenvalue weighted by molar-refractivity contribution is 6.74. The molecule has 1 aliphatic rings. The molecule has 0 bridgehead atoms. The van der Waals surface area contributed by atoms with Crippen molar-refractivity contribution in [2.75, 3.05) is 20.7 Å². The quantitative estimate of drug-likeness (QED) is 0.214. The number of ether oxygens (including phenoxy) is 1. The van der Waals surface area contributed by atoms with E-state index in [4.69, 9.17) is 9.16 Å². The Morgan fingerprint density at radius 1 is 1.29 bits per heavy atom. The smallest absolute Gasteiger partial charge is 0.280 e. The van der Waals surface area contributed by atoms with E-state index in [9.17, 15) is 9.90 Å². The van der Waals surface area contributed by atoms with E-state index in [1.807, 2.05) is 44.4 Å². The Labute approximate surface area is 224 Å². The van der Waals surface area contributed by atoms with Crippen molar-refractivity contribution < 1.29 is 14.3 Å². The summed E-state index contributed by atoms with van der Waals surface area (Å²) in [5.74, 6) is 0.162. The van der Waals surface area contributed by atoms with Crippen molar-refractivity contribution in [3.05, 3.63) is 52.6 Å². The van der Waals surface area contributed by atoms with Crippen LogP contribution in [0.25, 0.3) is 11.2 Å². The van der Waals surface area contributed by atoms with Gasteiger partial charge >= 0.3 is 0 Å². The average molecular weight is 542 g/mol. The molecule has 11 nitrogen and oxygen atoms in total. The number of hydrogen-bond donors (Lipinski definition) is 3. The number of nitrogens with zero attached hydrogens (tertiary/aromatic N) is 5. The lowest BCUT2D eigenvalue weighted by molar-refractivity contribution is -0.0464. The Hall–Kier alpha value is -2.90. The minimum absolute atomic E-state index is 0.0563. The maximum absolute atomic E-state index is 12.8. The maximum Gasteiger partial charge on any atom is 0.280 e. The second-order valence-corrected chi connectivity index (χ2v) is 16.2. The van der Waals surface area contributed by atoms with Crippen molar-refractivity contribution in [2.24, 2.45) is 4.99 Å². The first kappa shape index (κ1) is 28.1. The molecule has 12 heteroatoms. The summed E-state index contributed by atoms with van der Waals surface area (Å²) < 4.78 is 15.1. The summed E-state index contributed by atoms with van der Waals surface area (Å²) >= 11 is 0. The summed E-state index contributed by atoms with van der Waals surface area (Å²) in [6.07, 6.45) is 1.44. The van der Waals surface area contributed by atoms with Gasteiger partial charge in [0, 0.05) is 20.6 Å². The van der Waals surface area contributed by atoms with Gasteiger partial charge in [-0.2, -0.15) is 4.98 Å². The number of nitrogens with one attached hydrogen (secondary N) is 2. The molecular weight excluding hydrogens is 502 g/mol. The van der Waals surface area contributed by atoms with Crippen LogP contribution in [0, 0.1) is 0 Å². The number of aliphatic hydroxyl groups excluding tert-OH is 1. The highest BCUT2D eigenvalue weighted by atomic mass is 28.4. The summed E-state index contributed by atoms with van der Waals surface area (Å²) in [7, 11) is 1.38. The molecule has 1 aliphatic heterocycles. The van der Waals surface area contributed by atoms with E-state index in [0.717, 1.165) is 5.56 Å². The fraction of sp³-hybridized carbons (Fsp3) is 0.538. The number of rotatable bonds is 9. The number of imidazole rings is 1. The Bertz CT molecular complexity index is 1320.